The summed E-state index contributed by atoms with van der Waals surface area (Å²) in [4.78, 5) is 24.9. The van der Waals surface area contributed by atoms with Gasteiger partial charge in [0.25, 0.3) is 0 Å². The van der Waals surface area contributed by atoms with Gasteiger partial charge < -0.3 is 10.2 Å². The number of likely N-dealkylation sites (N-methyl/N-ethyl adjacent to an activating group) is 1. The van der Waals surface area contributed by atoms with Gasteiger partial charge in [-0.25, -0.2) is 17.5 Å². The van der Waals surface area contributed by atoms with E-state index in [1.54, 1.807) is 24.3 Å². The molecule has 0 bridgehead atoms. The normalized spacial score (nSPS) is 11.1. The summed E-state index contributed by atoms with van der Waals surface area (Å²) in [6.45, 7) is -0.801. The first-order valence-corrected chi connectivity index (χ1v) is 9.58. The van der Waals surface area contributed by atoms with Crippen molar-refractivity contribution in [2.45, 2.75) is 4.90 Å². The Bertz CT molecular complexity index is 918. The molecule has 0 saturated heterocycles. The summed E-state index contributed by atoms with van der Waals surface area (Å²) in [5.41, 5.74) is 0.516. The van der Waals surface area contributed by atoms with E-state index in [-0.39, 0.29) is 11.4 Å². The van der Waals surface area contributed by atoms with Crippen LogP contribution in [0.15, 0.2) is 53.4 Å². The summed E-state index contributed by atoms with van der Waals surface area (Å²) in [5, 5.41) is 3.11. The molecule has 0 atom stereocenters. The van der Waals surface area contributed by atoms with E-state index in [9.17, 15) is 22.4 Å². The van der Waals surface area contributed by atoms with Crippen LogP contribution in [0.5, 0.6) is 0 Å². The first kappa shape index (κ1) is 20.8. The van der Waals surface area contributed by atoms with Gasteiger partial charge in [0.2, 0.25) is 21.8 Å². The van der Waals surface area contributed by atoms with Gasteiger partial charge in [0.1, 0.15) is 5.82 Å². The number of sulfonamides is 1. The van der Waals surface area contributed by atoms with Gasteiger partial charge in [-0.3, -0.25) is 9.59 Å². The lowest BCUT2D eigenvalue weighted by atomic mass is 10.3. The van der Waals surface area contributed by atoms with Crippen LogP contribution in [-0.4, -0.2) is 45.3 Å². The largest absolute Gasteiger partial charge is 0.335 e. The third kappa shape index (κ3) is 6.31. The molecular weight excluding hydrogens is 397 g/mol. The van der Waals surface area contributed by atoms with Gasteiger partial charge in [-0.1, -0.05) is 11.6 Å². The fourth-order valence-corrected chi connectivity index (χ4v) is 3.13. The van der Waals surface area contributed by atoms with Crippen molar-refractivity contribution in [3.05, 3.63) is 59.4 Å². The summed E-state index contributed by atoms with van der Waals surface area (Å²) < 4.78 is 39.1. The number of anilines is 1. The number of rotatable bonds is 7. The maximum Gasteiger partial charge on any atom is 0.243 e. The van der Waals surface area contributed by atoms with Crippen molar-refractivity contribution in [1.82, 2.24) is 9.62 Å². The molecule has 0 unspecified atom stereocenters. The molecule has 0 aliphatic carbocycles. The maximum atomic E-state index is 12.9. The van der Waals surface area contributed by atoms with Gasteiger partial charge in [0.05, 0.1) is 18.0 Å². The van der Waals surface area contributed by atoms with Gasteiger partial charge >= 0.3 is 0 Å². The summed E-state index contributed by atoms with van der Waals surface area (Å²) in [6.07, 6.45) is 0. The van der Waals surface area contributed by atoms with Gasteiger partial charge in [0, 0.05) is 17.8 Å². The molecule has 0 heterocycles. The number of benzene rings is 2. The Morgan fingerprint density at radius 3 is 2.26 bits per heavy atom. The Labute approximate surface area is 161 Å². The van der Waals surface area contributed by atoms with Crippen molar-refractivity contribution in [3.63, 3.8) is 0 Å². The number of carbonyl (C=O) groups excluding carboxylic acids is 2. The molecule has 0 saturated carbocycles. The molecule has 0 radical (unpaired) electrons. The standard InChI is InChI=1S/C17H17ClFN3O4S/c1-22(11-16(23)21-14-6-2-12(18)3-7-14)17(24)10-20-27(25,26)15-8-4-13(19)5-9-15/h2-9,20H,10-11H2,1H3,(H,21,23). The number of amides is 2. The van der Waals surface area contributed by atoms with Crippen LogP contribution in [0.3, 0.4) is 0 Å². The second-order valence-electron chi connectivity index (χ2n) is 5.58. The first-order valence-electron chi connectivity index (χ1n) is 7.72. The van der Waals surface area contributed by atoms with Crippen molar-refractivity contribution in [3.8, 4) is 0 Å². The molecule has 0 fully saturated rings. The van der Waals surface area contributed by atoms with Crippen LogP contribution in [0, 0.1) is 5.82 Å². The molecule has 2 amide bonds. The van der Waals surface area contributed by atoms with Crippen LogP contribution in [0.4, 0.5) is 10.1 Å². The van der Waals surface area contributed by atoms with Gasteiger partial charge in [-0.2, -0.15) is 0 Å². The second-order valence-corrected chi connectivity index (χ2v) is 7.79. The smallest absolute Gasteiger partial charge is 0.243 e. The fraction of sp³-hybridized carbons (Fsp3) is 0.176. The van der Waals surface area contributed by atoms with E-state index in [4.69, 9.17) is 11.6 Å². The van der Waals surface area contributed by atoms with Crippen LogP contribution in [-0.2, 0) is 19.6 Å². The van der Waals surface area contributed by atoms with Crippen molar-refractivity contribution in [2.75, 3.05) is 25.5 Å². The molecule has 2 aromatic carbocycles. The minimum atomic E-state index is -3.96. The van der Waals surface area contributed by atoms with Crippen LogP contribution >= 0.6 is 11.6 Å². The zero-order valence-corrected chi connectivity index (χ0v) is 15.8. The lowest BCUT2D eigenvalue weighted by molar-refractivity contribution is -0.132. The topological polar surface area (TPSA) is 95.6 Å². The predicted molar refractivity (Wildman–Crippen MR) is 99.3 cm³/mol. The van der Waals surface area contributed by atoms with E-state index in [0.717, 1.165) is 29.2 Å². The average molecular weight is 414 g/mol. The Balaban J connectivity index is 1.86. The molecule has 2 aromatic rings. The molecule has 0 aliphatic rings. The number of hydrogen-bond acceptors (Lipinski definition) is 4. The maximum absolute atomic E-state index is 12.9. The summed E-state index contributed by atoms with van der Waals surface area (Å²) in [5.74, 6) is -1.63. The first-order chi connectivity index (χ1) is 12.7. The van der Waals surface area contributed by atoms with Gasteiger partial charge in [0.15, 0.2) is 0 Å². The second kappa shape index (κ2) is 8.94. The molecule has 2 rings (SSSR count). The molecule has 0 aromatic heterocycles. The van der Waals surface area contributed by atoms with Crippen LogP contribution < -0.4 is 10.0 Å². The van der Waals surface area contributed by atoms with E-state index in [1.807, 2.05) is 0 Å². The van der Waals surface area contributed by atoms with Crippen molar-refractivity contribution in [1.29, 1.82) is 0 Å². The number of carbonyl (C=O) groups is 2. The Morgan fingerprint density at radius 2 is 1.67 bits per heavy atom. The summed E-state index contributed by atoms with van der Waals surface area (Å²) in [6, 6.07) is 10.6. The monoisotopic (exact) mass is 413 g/mol. The minimum Gasteiger partial charge on any atom is -0.335 e. The number of nitrogens with zero attached hydrogens (tertiary/aromatic N) is 1. The Kier molecular flexibility index (Phi) is 6.89. The quantitative estimate of drug-likeness (QED) is 0.724. The molecule has 27 heavy (non-hydrogen) atoms. The molecule has 2 N–H and O–H groups in total. The van der Waals surface area contributed by atoms with E-state index < -0.39 is 34.2 Å². The highest BCUT2D eigenvalue weighted by Crippen LogP contribution is 2.13. The zero-order chi connectivity index (χ0) is 20.0. The van der Waals surface area contributed by atoms with Crippen LogP contribution in [0.25, 0.3) is 0 Å². The van der Waals surface area contributed by atoms with Crippen molar-refractivity contribution < 1.29 is 22.4 Å². The molecule has 7 nitrogen and oxygen atoms in total. The lowest BCUT2D eigenvalue weighted by Crippen LogP contribution is -2.41. The molecule has 10 heteroatoms. The van der Waals surface area contributed by atoms with E-state index in [1.165, 1.54) is 7.05 Å². The Morgan fingerprint density at radius 1 is 1.07 bits per heavy atom. The molecule has 144 valence electrons. The minimum absolute atomic E-state index is 0.167. The van der Waals surface area contributed by atoms with Crippen molar-refractivity contribution in [2.24, 2.45) is 0 Å². The zero-order valence-electron chi connectivity index (χ0n) is 14.3. The van der Waals surface area contributed by atoms with E-state index in [2.05, 4.69) is 10.0 Å². The third-order valence-corrected chi connectivity index (χ3v) is 5.14. The summed E-state index contributed by atoms with van der Waals surface area (Å²) in [7, 11) is -2.59. The fourth-order valence-electron chi connectivity index (χ4n) is 2.03. The predicted octanol–water partition coefficient (Wildman–Crippen LogP) is 1.85. The lowest BCUT2D eigenvalue weighted by Gasteiger charge is -2.17. The third-order valence-electron chi connectivity index (χ3n) is 3.47. The SMILES string of the molecule is CN(CC(=O)Nc1ccc(Cl)cc1)C(=O)CNS(=O)(=O)c1ccc(F)cc1. The highest BCUT2D eigenvalue weighted by atomic mass is 35.5. The summed E-state index contributed by atoms with van der Waals surface area (Å²) >= 11 is 5.76. The Hall–Kier alpha value is -2.49. The number of nitrogens with one attached hydrogen (secondary N) is 2. The highest BCUT2D eigenvalue weighted by Gasteiger charge is 2.18. The molecule has 0 aliphatic heterocycles. The highest BCUT2D eigenvalue weighted by molar-refractivity contribution is 7.89. The van der Waals surface area contributed by atoms with Gasteiger partial charge in [-0.05, 0) is 48.5 Å². The van der Waals surface area contributed by atoms with Crippen LogP contribution in [0.2, 0.25) is 5.02 Å². The molecule has 0 spiro atoms. The van der Waals surface area contributed by atoms with Gasteiger partial charge in [-0.15, -0.1) is 0 Å². The molecular formula is C17H17ClFN3O4S. The van der Waals surface area contributed by atoms with E-state index in [0.29, 0.717) is 10.7 Å². The number of halogens is 2. The van der Waals surface area contributed by atoms with Crippen molar-refractivity contribution >= 4 is 39.1 Å². The number of hydrogen-bond donors (Lipinski definition) is 2. The average Bonchev–Trinajstić information content (AvgIpc) is 2.62. The van der Waals surface area contributed by atoms with Crippen LogP contribution in [0.1, 0.15) is 0 Å². The van der Waals surface area contributed by atoms with E-state index >= 15 is 0 Å².